The molecule has 1 rings (SSSR count). The summed E-state index contributed by atoms with van der Waals surface area (Å²) in [5.74, 6) is 0. The molecule has 2 nitrogen and oxygen atoms in total. The van der Waals surface area contributed by atoms with Gasteiger partial charge in [0.05, 0.1) is 12.2 Å². The molecule has 0 fully saturated rings. The largest absolute Gasteiger partial charge is 0.393 e. The zero-order chi connectivity index (χ0) is 9.68. The van der Waals surface area contributed by atoms with Crippen LogP contribution in [0.2, 0.25) is 0 Å². The van der Waals surface area contributed by atoms with E-state index in [1.54, 1.807) is 6.92 Å². The zero-order valence-corrected chi connectivity index (χ0v) is 7.85. The van der Waals surface area contributed by atoms with Crippen LogP contribution in [0.25, 0.3) is 0 Å². The SMILES string of the molecule is C[C@H](O)CCC(O)c1ccccc1. The summed E-state index contributed by atoms with van der Waals surface area (Å²) in [6, 6.07) is 9.52. The highest BCUT2D eigenvalue weighted by Crippen LogP contribution is 2.18. The van der Waals surface area contributed by atoms with E-state index in [2.05, 4.69) is 0 Å². The van der Waals surface area contributed by atoms with Crippen molar-refractivity contribution in [2.24, 2.45) is 0 Å². The summed E-state index contributed by atoms with van der Waals surface area (Å²) < 4.78 is 0. The van der Waals surface area contributed by atoms with Crippen molar-refractivity contribution < 1.29 is 10.2 Å². The molecule has 0 saturated heterocycles. The number of aliphatic hydroxyl groups excluding tert-OH is 2. The third-order valence-electron chi connectivity index (χ3n) is 2.04. The van der Waals surface area contributed by atoms with Gasteiger partial charge < -0.3 is 10.2 Å². The smallest absolute Gasteiger partial charge is 0.0791 e. The van der Waals surface area contributed by atoms with Crippen molar-refractivity contribution in [2.75, 3.05) is 0 Å². The Balaban J connectivity index is 2.44. The van der Waals surface area contributed by atoms with E-state index in [1.165, 1.54) is 0 Å². The monoisotopic (exact) mass is 180 g/mol. The standard InChI is InChI=1S/C11H16O2/c1-9(12)7-8-11(13)10-5-3-2-4-6-10/h2-6,9,11-13H,7-8H2,1H3/t9-,11?/m0/s1. The highest BCUT2D eigenvalue weighted by molar-refractivity contribution is 5.16. The fourth-order valence-electron chi connectivity index (χ4n) is 1.24. The van der Waals surface area contributed by atoms with Crippen molar-refractivity contribution in [3.63, 3.8) is 0 Å². The number of rotatable bonds is 4. The number of hydrogen-bond donors (Lipinski definition) is 2. The van der Waals surface area contributed by atoms with Crippen molar-refractivity contribution in [2.45, 2.75) is 32.0 Å². The first-order valence-corrected chi connectivity index (χ1v) is 4.61. The number of benzene rings is 1. The molecule has 72 valence electrons. The molecule has 0 aromatic heterocycles. The Morgan fingerprint density at radius 1 is 1.08 bits per heavy atom. The molecule has 2 N–H and O–H groups in total. The molecule has 2 heteroatoms. The average molecular weight is 180 g/mol. The normalized spacial score (nSPS) is 15.3. The van der Waals surface area contributed by atoms with Crippen LogP contribution in [0.1, 0.15) is 31.4 Å². The van der Waals surface area contributed by atoms with Gasteiger partial charge in [-0.2, -0.15) is 0 Å². The van der Waals surface area contributed by atoms with Gasteiger partial charge in [0.2, 0.25) is 0 Å². The zero-order valence-electron chi connectivity index (χ0n) is 7.85. The second-order valence-corrected chi connectivity index (χ2v) is 3.35. The Morgan fingerprint density at radius 2 is 1.69 bits per heavy atom. The summed E-state index contributed by atoms with van der Waals surface area (Å²) in [5, 5.41) is 18.7. The van der Waals surface area contributed by atoms with Crippen LogP contribution < -0.4 is 0 Å². The van der Waals surface area contributed by atoms with Crippen molar-refractivity contribution in [3.8, 4) is 0 Å². The third-order valence-corrected chi connectivity index (χ3v) is 2.04. The number of aliphatic hydroxyl groups is 2. The first-order valence-electron chi connectivity index (χ1n) is 4.61. The van der Waals surface area contributed by atoms with Gasteiger partial charge in [-0.15, -0.1) is 0 Å². The Hall–Kier alpha value is -0.860. The van der Waals surface area contributed by atoms with E-state index in [0.717, 1.165) is 5.56 Å². The van der Waals surface area contributed by atoms with Gasteiger partial charge in [-0.1, -0.05) is 30.3 Å². The molecule has 1 aromatic rings. The van der Waals surface area contributed by atoms with E-state index in [9.17, 15) is 5.11 Å². The van der Waals surface area contributed by atoms with E-state index in [-0.39, 0.29) is 6.10 Å². The maximum atomic E-state index is 9.66. The Kier molecular flexibility index (Phi) is 3.93. The molecule has 1 unspecified atom stereocenters. The fourth-order valence-corrected chi connectivity index (χ4v) is 1.24. The summed E-state index contributed by atoms with van der Waals surface area (Å²) >= 11 is 0. The lowest BCUT2D eigenvalue weighted by Gasteiger charge is -2.11. The van der Waals surface area contributed by atoms with Gasteiger partial charge in [0, 0.05) is 0 Å². The van der Waals surface area contributed by atoms with Crippen LogP contribution in [-0.2, 0) is 0 Å². The molecule has 0 spiro atoms. The third kappa shape index (κ3) is 3.57. The van der Waals surface area contributed by atoms with E-state index >= 15 is 0 Å². The summed E-state index contributed by atoms with van der Waals surface area (Å²) in [6.07, 6.45) is 0.465. The molecule has 2 atom stereocenters. The predicted molar refractivity (Wildman–Crippen MR) is 52.3 cm³/mol. The summed E-state index contributed by atoms with van der Waals surface area (Å²) in [5.41, 5.74) is 0.920. The molecule has 0 aliphatic rings. The molecule has 0 heterocycles. The molecule has 0 aliphatic carbocycles. The molecular formula is C11H16O2. The quantitative estimate of drug-likeness (QED) is 0.742. The Morgan fingerprint density at radius 3 is 2.23 bits per heavy atom. The topological polar surface area (TPSA) is 40.5 Å². The minimum Gasteiger partial charge on any atom is -0.393 e. The second-order valence-electron chi connectivity index (χ2n) is 3.35. The van der Waals surface area contributed by atoms with E-state index < -0.39 is 6.10 Å². The van der Waals surface area contributed by atoms with Crippen molar-refractivity contribution in [1.82, 2.24) is 0 Å². The second kappa shape index (κ2) is 5.00. The molecule has 0 radical (unpaired) electrons. The van der Waals surface area contributed by atoms with Crippen LogP contribution in [0.5, 0.6) is 0 Å². The first-order chi connectivity index (χ1) is 6.20. The van der Waals surface area contributed by atoms with Crippen LogP contribution in [0.3, 0.4) is 0 Å². The van der Waals surface area contributed by atoms with Crippen LogP contribution in [0.4, 0.5) is 0 Å². The van der Waals surface area contributed by atoms with E-state index in [4.69, 9.17) is 5.11 Å². The van der Waals surface area contributed by atoms with Crippen LogP contribution in [0, 0.1) is 0 Å². The van der Waals surface area contributed by atoms with Crippen molar-refractivity contribution in [1.29, 1.82) is 0 Å². The minimum absolute atomic E-state index is 0.335. The van der Waals surface area contributed by atoms with Gasteiger partial charge in [0.25, 0.3) is 0 Å². The highest BCUT2D eigenvalue weighted by atomic mass is 16.3. The Labute approximate surface area is 78.8 Å². The first kappa shape index (κ1) is 10.2. The lowest BCUT2D eigenvalue weighted by molar-refractivity contribution is 0.123. The predicted octanol–water partition coefficient (Wildman–Crippen LogP) is 1.88. The van der Waals surface area contributed by atoms with Crippen molar-refractivity contribution in [3.05, 3.63) is 35.9 Å². The van der Waals surface area contributed by atoms with Gasteiger partial charge in [0.15, 0.2) is 0 Å². The molecular weight excluding hydrogens is 164 g/mol. The summed E-state index contributed by atoms with van der Waals surface area (Å²) in [7, 11) is 0. The molecule has 1 aromatic carbocycles. The van der Waals surface area contributed by atoms with Gasteiger partial charge in [-0.3, -0.25) is 0 Å². The highest BCUT2D eigenvalue weighted by Gasteiger charge is 2.07. The molecule has 0 bridgehead atoms. The van der Waals surface area contributed by atoms with Crippen molar-refractivity contribution >= 4 is 0 Å². The van der Waals surface area contributed by atoms with Crippen LogP contribution in [0.15, 0.2) is 30.3 Å². The van der Waals surface area contributed by atoms with Gasteiger partial charge in [-0.05, 0) is 25.3 Å². The van der Waals surface area contributed by atoms with Gasteiger partial charge in [0.1, 0.15) is 0 Å². The van der Waals surface area contributed by atoms with Gasteiger partial charge in [-0.25, -0.2) is 0 Å². The van der Waals surface area contributed by atoms with E-state index in [0.29, 0.717) is 12.8 Å². The number of hydrogen-bond acceptors (Lipinski definition) is 2. The fraction of sp³-hybridized carbons (Fsp3) is 0.455. The van der Waals surface area contributed by atoms with Gasteiger partial charge >= 0.3 is 0 Å². The van der Waals surface area contributed by atoms with E-state index in [1.807, 2.05) is 30.3 Å². The summed E-state index contributed by atoms with van der Waals surface area (Å²) in [6.45, 7) is 1.73. The maximum Gasteiger partial charge on any atom is 0.0791 e. The Bertz CT molecular complexity index is 231. The minimum atomic E-state index is -0.448. The lowest BCUT2D eigenvalue weighted by Crippen LogP contribution is -2.04. The van der Waals surface area contributed by atoms with Crippen LogP contribution >= 0.6 is 0 Å². The lowest BCUT2D eigenvalue weighted by atomic mass is 10.0. The molecule has 13 heavy (non-hydrogen) atoms. The van der Waals surface area contributed by atoms with Crippen LogP contribution in [-0.4, -0.2) is 16.3 Å². The molecule has 0 aliphatic heterocycles. The summed E-state index contributed by atoms with van der Waals surface area (Å²) in [4.78, 5) is 0. The molecule has 0 saturated carbocycles. The molecule has 0 amide bonds. The maximum absolute atomic E-state index is 9.66. The average Bonchev–Trinajstić information content (AvgIpc) is 2.15.